The number of nitrogens with zero attached hydrogens (tertiary/aromatic N) is 1. The minimum atomic E-state index is 0.912. The molecular weight excluding hydrogens is 631 g/mol. The van der Waals surface area contributed by atoms with Crippen molar-refractivity contribution in [2.45, 2.75) is 0 Å². The van der Waals surface area contributed by atoms with Gasteiger partial charge in [-0.3, -0.25) is 0 Å². The van der Waals surface area contributed by atoms with Gasteiger partial charge in [-0.15, -0.1) is 0 Å². The number of hydrogen-bond acceptors (Lipinski definition) is 2. The largest absolute Gasteiger partial charge is 0.456 e. The van der Waals surface area contributed by atoms with Gasteiger partial charge in [0.2, 0.25) is 0 Å². The van der Waals surface area contributed by atoms with Crippen molar-refractivity contribution in [2.75, 3.05) is 4.90 Å². The van der Waals surface area contributed by atoms with Gasteiger partial charge in [0.05, 0.1) is 5.69 Å². The topological polar surface area (TPSA) is 16.4 Å². The molecule has 1 heterocycles. The molecule has 0 saturated heterocycles. The van der Waals surface area contributed by atoms with Crippen molar-refractivity contribution in [3.05, 3.63) is 200 Å². The molecule has 0 aliphatic rings. The highest BCUT2D eigenvalue weighted by atomic mass is 16.3. The summed E-state index contributed by atoms with van der Waals surface area (Å²) in [5, 5.41) is 7.04. The first-order chi connectivity index (χ1) is 25.8. The lowest BCUT2D eigenvalue weighted by atomic mass is 9.94. The van der Waals surface area contributed by atoms with Gasteiger partial charge >= 0.3 is 0 Å². The van der Waals surface area contributed by atoms with E-state index in [1.807, 2.05) is 12.1 Å². The van der Waals surface area contributed by atoms with Crippen molar-refractivity contribution >= 4 is 60.5 Å². The molecule has 0 aliphatic carbocycles. The third-order valence-electron chi connectivity index (χ3n) is 10.2. The fraction of sp³-hybridized carbons (Fsp3) is 0. The first-order valence-electron chi connectivity index (χ1n) is 17.8. The number of anilines is 3. The van der Waals surface area contributed by atoms with Gasteiger partial charge in [-0.25, -0.2) is 0 Å². The zero-order valence-corrected chi connectivity index (χ0v) is 28.4. The van der Waals surface area contributed by atoms with Crippen molar-refractivity contribution in [3.8, 4) is 33.4 Å². The summed E-state index contributed by atoms with van der Waals surface area (Å²) in [5.41, 5.74) is 12.3. The maximum Gasteiger partial charge on any atom is 0.136 e. The Morgan fingerprint density at radius 1 is 0.308 bits per heavy atom. The van der Waals surface area contributed by atoms with Gasteiger partial charge in [-0.1, -0.05) is 152 Å². The highest BCUT2D eigenvalue weighted by molar-refractivity contribution is 6.17. The minimum absolute atomic E-state index is 0.912. The third kappa shape index (κ3) is 5.12. The van der Waals surface area contributed by atoms with E-state index < -0.39 is 0 Å². The van der Waals surface area contributed by atoms with E-state index in [1.165, 1.54) is 49.5 Å². The Labute approximate surface area is 302 Å². The number of rotatable bonds is 6. The first-order valence-corrected chi connectivity index (χ1v) is 17.8. The summed E-state index contributed by atoms with van der Waals surface area (Å²) in [6.07, 6.45) is 0. The van der Waals surface area contributed by atoms with E-state index in [4.69, 9.17) is 4.42 Å². The fourth-order valence-electron chi connectivity index (χ4n) is 7.77. The van der Waals surface area contributed by atoms with Crippen molar-refractivity contribution in [3.63, 3.8) is 0 Å². The van der Waals surface area contributed by atoms with E-state index in [0.29, 0.717) is 0 Å². The number of furan rings is 1. The Morgan fingerprint density at radius 2 is 0.885 bits per heavy atom. The smallest absolute Gasteiger partial charge is 0.136 e. The monoisotopic (exact) mass is 663 g/mol. The molecule has 0 fully saturated rings. The second-order valence-corrected chi connectivity index (χ2v) is 13.3. The fourth-order valence-corrected chi connectivity index (χ4v) is 7.77. The molecule has 0 N–H and O–H groups in total. The maximum atomic E-state index is 6.28. The summed E-state index contributed by atoms with van der Waals surface area (Å²) in [5.74, 6) is 0. The van der Waals surface area contributed by atoms with Crippen LogP contribution in [-0.2, 0) is 0 Å². The molecule has 2 nitrogen and oxygen atoms in total. The summed E-state index contributed by atoms with van der Waals surface area (Å²) < 4.78 is 6.28. The number of fused-ring (bicyclic) bond motifs is 6. The Kier molecular flexibility index (Phi) is 7.18. The van der Waals surface area contributed by atoms with E-state index in [-0.39, 0.29) is 0 Å². The van der Waals surface area contributed by atoms with Crippen LogP contribution >= 0.6 is 0 Å². The van der Waals surface area contributed by atoms with Gasteiger partial charge in [-0.2, -0.15) is 0 Å². The Balaban J connectivity index is 1.21. The molecule has 0 saturated carbocycles. The maximum absolute atomic E-state index is 6.28. The zero-order chi connectivity index (χ0) is 34.4. The van der Waals surface area contributed by atoms with E-state index >= 15 is 0 Å². The molecule has 9 aromatic carbocycles. The lowest BCUT2D eigenvalue weighted by Crippen LogP contribution is -2.11. The minimum Gasteiger partial charge on any atom is -0.456 e. The molecule has 244 valence electrons. The summed E-state index contributed by atoms with van der Waals surface area (Å²) in [6.45, 7) is 0. The van der Waals surface area contributed by atoms with Gasteiger partial charge in [0, 0.05) is 27.7 Å². The molecule has 0 aliphatic heterocycles. The second-order valence-electron chi connectivity index (χ2n) is 13.3. The van der Waals surface area contributed by atoms with Crippen LogP contribution in [0.4, 0.5) is 17.1 Å². The Bertz CT molecular complexity index is 2910. The molecule has 2 heteroatoms. The van der Waals surface area contributed by atoms with Gasteiger partial charge < -0.3 is 9.32 Å². The molecule has 0 amide bonds. The third-order valence-corrected chi connectivity index (χ3v) is 10.2. The zero-order valence-electron chi connectivity index (χ0n) is 28.4. The average molecular weight is 664 g/mol. The van der Waals surface area contributed by atoms with E-state index in [1.54, 1.807) is 0 Å². The highest BCUT2D eigenvalue weighted by Crippen LogP contribution is 2.44. The van der Waals surface area contributed by atoms with Crippen LogP contribution in [0, 0.1) is 0 Å². The van der Waals surface area contributed by atoms with Crippen LogP contribution in [0.15, 0.2) is 205 Å². The quantitative estimate of drug-likeness (QED) is 0.165. The molecule has 52 heavy (non-hydrogen) atoms. The lowest BCUT2D eigenvalue weighted by Gasteiger charge is -2.29. The number of benzene rings is 9. The summed E-state index contributed by atoms with van der Waals surface area (Å²) >= 11 is 0. The van der Waals surface area contributed by atoms with Crippen molar-refractivity contribution in [2.24, 2.45) is 0 Å². The van der Waals surface area contributed by atoms with Crippen LogP contribution < -0.4 is 4.90 Å². The van der Waals surface area contributed by atoms with Crippen LogP contribution in [0.5, 0.6) is 0 Å². The van der Waals surface area contributed by atoms with E-state index in [2.05, 4.69) is 193 Å². The molecule has 0 spiro atoms. The predicted octanol–water partition coefficient (Wildman–Crippen LogP) is 14.4. The van der Waals surface area contributed by atoms with Crippen LogP contribution in [0.3, 0.4) is 0 Å². The molecule has 0 bridgehead atoms. The van der Waals surface area contributed by atoms with Gasteiger partial charge in [0.15, 0.2) is 0 Å². The van der Waals surface area contributed by atoms with Crippen LogP contribution in [-0.4, -0.2) is 0 Å². The Morgan fingerprint density at radius 3 is 1.69 bits per heavy atom. The number of para-hydroxylation sites is 2. The lowest BCUT2D eigenvalue weighted by molar-refractivity contribution is 0.669. The SMILES string of the molecule is c1ccc(-c2ccccc2-c2cccc(N(c3ccc4ccc5cc6oc7ccccc7c6cc5c4c3)c3ccccc3-c3ccccc3)c2)cc1. The van der Waals surface area contributed by atoms with Crippen molar-refractivity contribution < 1.29 is 4.42 Å². The molecule has 0 unspecified atom stereocenters. The molecule has 10 aromatic rings. The summed E-state index contributed by atoms with van der Waals surface area (Å²) in [6, 6.07) is 71.8. The van der Waals surface area contributed by atoms with Crippen LogP contribution in [0.1, 0.15) is 0 Å². The summed E-state index contributed by atoms with van der Waals surface area (Å²) in [7, 11) is 0. The van der Waals surface area contributed by atoms with Crippen molar-refractivity contribution in [1.82, 2.24) is 0 Å². The van der Waals surface area contributed by atoms with Crippen molar-refractivity contribution in [1.29, 1.82) is 0 Å². The van der Waals surface area contributed by atoms with Crippen LogP contribution in [0.25, 0.3) is 76.9 Å². The predicted molar refractivity (Wildman–Crippen MR) is 220 cm³/mol. The summed E-state index contributed by atoms with van der Waals surface area (Å²) in [4.78, 5) is 2.42. The molecule has 10 rings (SSSR count). The van der Waals surface area contributed by atoms with Crippen LogP contribution in [0.2, 0.25) is 0 Å². The van der Waals surface area contributed by atoms with E-state index in [0.717, 1.165) is 44.4 Å². The molecule has 0 atom stereocenters. The van der Waals surface area contributed by atoms with E-state index in [9.17, 15) is 0 Å². The van der Waals surface area contributed by atoms with Gasteiger partial charge in [0.1, 0.15) is 11.2 Å². The number of hydrogen-bond donors (Lipinski definition) is 0. The normalized spacial score (nSPS) is 11.5. The average Bonchev–Trinajstić information content (AvgIpc) is 3.58. The molecule has 0 radical (unpaired) electrons. The van der Waals surface area contributed by atoms with Gasteiger partial charge in [0.25, 0.3) is 0 Å². The van der Waals surface area contributed by atoms with Gasteiger partial charge in [-0.05, 0) is 97.9 Å². The second kappa shape index (κ2) is 12.5. The first kappa shape index (κ1) is 30.0. The highest BCUT2D eigenvalue weighted by Gasteiger charge is 2.19. The molecular formula is C50H33NO. The molecule has 1 aromatic heterocycles. The Hall–Kier alpha value is -6.90. The standard InChI is InChI=1S/C50H33NO/c1-3-14-34(15-4-1)41-20-7-8-21-42(41)37-18-13-19-39(30-37)51(48-24-11-9-22-43(48)35-16-5-2-6-17-35)40-29-28-36-26-27-38-31-50-47(33-46(38)45(36)32-40)44-23-10-12-25-49(44)52-50/h1-33H.